The van der Waals surface area contributed by atoms with E-state index in [0.717, 1.165) is 20.9 Å². The Bertz CT molecular complexity index is 763. The van der Waals surface area contributed by atoms with Crippen molar-refractivity contribution >= 4 is 48.3 Å². The van der Waals surface area contributed by atoms with E-state index in [-0.39, 0.29) is 22.8 Å². The van der Waals surface area contributed by atoms with E-state index in [0.29, 0.717) is 6.42 Å². The van der Waals surface area contributed by atoms with Crippen molar-refractivity contribution in [1.82, 2.24) is 4.98 Å². The minimum atomic E-state index is -2.92. The first-order valence-corrected chi connectivity index (χ1v) is 9.41. The second kappa shape index (κ2) is 5.28. The maximum absolute atomic E-state index is 11.6. The number of nitrogens with zero attached hydrogens (tertiary/aromatic N) is 1. The van der Waals surface area contributed by atoms with Gasteiger partial charge in [-0.1, -0.05) is 28.1 Å². The number of hydrogen-bond acceptors (Lipinski definition) is 3. The molecule has 0 amide bonds. The van der Waals surface area contributed by atoms with Crippen LogP contribution in [-0.2, 0) is 9.84 Å². The van der Waals surface area contributed by atoms with E-state index in [4.69, 9.17) is 11.6 Å². The standard InChI is InChI=1S/C14H13BrClNO2S/c15-12-4-3-11(14-10(12)2-1-6-17-14)13(16)9-5-7-20(18,19)8-9/h1-4,6,9,13H,5,7-8H2. The molecule has 0 spiro atoms. The second-order valence-corrected chi connectivity index (χ2v) is 8.65. The fourth-order valence-electron chi connectivity index (χ4n) is 2.69. The summed E-state index contributed by atoms with van der Waals surface area (Å²) in [6.07, 6.45) is 2.36. The van der Waals surface area contributed by atoms with Crippen LogP contribution in [0.25, 0.3) is 10.9 Å². The SMILES string of the molecule is O=S1(=O)CCC(C(Cl)c2ccc(Br)c3cccnc23)C1. The van der Waals surface area contributed by atoms with Crippen LogP contribution in [0.15, 0.2) is 34.9 Å². The van der Waals surface area contributed by atoms with Gasteiger partial charge in [0.15, 0.2) is 9.84 Å². The Hall–Kier alpha value is -0.650. The molecule has 2 heterocycles. The highest BCUT2D eigenvalue weighted by Gasteiger charge is 2.34. The molecule has 1 fully saturated rings. The summed E-state index contributed by atoms with van der Waals surface area (Å²) < 4.78 is 24.2. The zero-order valence-corrected chi connectivity index (χ0v) is 13.7. The van der Waals surface area contributed by atoms with Crippen molar-refractivity contribution in [2.45, 2.75) is 11.8 Å². The van der Waals surface area contributed by atoms with Crippen molar-refractivity contribution in [3.8, 4) is 0 Å². The Kier molecular flexibility index (Phi) is 3.77. The molecule has 0 saturated carbocycles. The number of rotatable bonds is 2. The van der Waals surface area contributed by atoms with E-state index in [1.54, 1.807) is 6.20 Å². The van der Waals surface area contributed by atoms with E-state index >= 15 is 0 Å². The molecule has 20 heavy (non-hydrogen) atoms. The molecule has 0 N–H and O–H groups in total. The van der Waals surface area contributed by atoms with Crippen LogP contribution in [0.4, 0.5) is 0 Å². The van der Waals surface area contributed by atoms with Gasteiger partial charge in [0.25, 0.3) is 0 Å². The van der Waals surface area contributed by atoms with Crippen LogP contribution in [0.1, 0.15) is 17.4 Å². The molecule has 2 aromatic rings. The van der Waals surface area contributed by atoms with Crippen LogP contribution in [0.2, 0.25) is 0 Å². The van der Waals surface area contributed by atoms with Gasteiger partial charge < -0.3 is 0 Å². The summed E-state index contributed by atoms with van der Waals surface area (Å²) in [6, 6.07) is 7.73. The van der Waals surface area contributed by atoms with Crippen molar-refractivity contribution in [3.05, 3.63) is 40.5 Å². The summed E-state index contributed by atoms with van der Waals surface area (Å²) in [5, 5.41) is 0.675. The molecule has 1 aliphatic heterocycles. The smallest absolute Gasteiger partial charge is 0.150 e. The third kappa shape index (κ3) is 2.59. The summed E-state index contributed by atoms with van der Waals surface area (Å²) in [6.45, 7) is 0. The zero-order chi connectivity index (χ0) is 14.3. The van der Waals surface area contributed by atoms with E-state index in [1.807, 2.05) is 24.3 Å². The number of fused-ring (bicyclic) bond motifs is 1. The number of aromatic nitrogens is 1. The Morgan fingerprint density at radius 1 is 1.35 bits per heavy atom. The van der Waals surface area contributed by atoms with Crippen molar-refractivity contribution in [1.29, 1.82) is 0 Å². The van der Waals surface area contributed by atoms with Gasteiger partial charge in [-0.3, -0.25) is 4.98 Å². The zero-order valence-electron chi connectivity index (χ0n) is 10.6. The van der Waals surface area contributed by atoms with Gasteiger partial charge in [-0.15, -0.1) is 11.6 Å². The maximum Gasteiger partial charge on any atom is 0.150 e. The monoisotopic (exact) mass is 373 g/mol. The van der Waals surface area contributed by atoms with E-state index in [9.17, 15) is 8.42 Å². The minimum absolute atomic E-state index is 0.0342. The van der Waals surface area contributed by atoms with Gasteiger partial charge >= 0.3 is 0 Å². The lowest BCUT2D eigenvalue weighted by Gasteiger charge is -2.18. The lowest BCUT2D eigenvalue weighted by atomic mass is 9.96. The Morgan fingerprint density at radius 3 is 2.85 bits per heavy atom. The van der Waals surface area contributed by atoms with Crippen LogP contribution >= 0.6 is 27.5 Å². The number of pyridine rings is 1. The van der Waals surface area contributed by atoms with Gasteiger partial charge in [0, 0.05) is 16.1 Å². The summed E-state index contributed by atoms with van der Waals surface area (Å²) in [4.78, 5) is 4.41. The van der Waals surface area contributed by atoms with Gasteiger partial charge in [-0.05, 0) is 30.0 Å². The largest absolute Gasteiger partial charge is 0.256 e. The summed E-state index contributed by atoms with van der Waals surface area (Å²) in [5.74, 6) is 0.377. The van der Waals surface area contributed by atoms with Gasteiger partial charge in [0.1, 0.15) is 0 Å². The van der Waals surface area contributed by atoms with Crippen LogP contribution in [-0.4, -0.2) is 24.9 Å². The van der Waals surface area contributed by atoms with Gasteiger partial charge in [0.05, 0.1) is 22.4 Å². The van der Waals surface area contributed by atoms with Gasteiger partial charge in [-0.25, -0.2) is 8.42 Å². The van der Waals surface area contributed by atoms with Gasteiger partial charge in [-0.2, -0.15) is 0 Å². The first-order chi connectivity index (χ1) is 9.48. The Labute approximate surface area is 131 Å². The third-order valence-electron chi connectivity index (χ3n) is 3.73. The molecule has 1 aromatic heterocycles. The van der Waals surface area contributed by atoms with Gasteiger partial charge in [0.2, 0.25) is 0 Å². The highest BCUT2D eigenvalue weighted by Crippen LogP contribution is 2.39. The van der Waals surface area contributed by atoms with E-state index < -0.39 is 9.84 Å². The normalized spacial score (nSPS) is 23.0. The third-order valence-corrected chi connectivity index (χ3v) is 6.80. The quantitative estimate of drug-likeness (QED) is 0.753. The van der Waals surface area contributed by atoms with E-state index in [1.165, 1.54) is 0 Å². The molecular weight excluding hydrogens is 362 g/mol. The molecule has 1 saturated heterocycles. The molecule has 1 aromatic carbocycles. The Morgan fingerprint density at radius 2 is 2.15 bits per heavy atom. The average molecular weight is 375 g/mol. The first kappa shape index (κ1) is 14.3. The molecule has 3 rings (SSSR count). The number of sulfone groups is 1. The van der Waals surface area contributed by atoms with Crippen LogP contribution in [0, 0.1) is 5.92 Å². The van der Waals surface area contributed by atoms with Crippen molar-refractivity contribution in [2.75, 3.05) is 11.5 Å². The fourth-order valence-corrected chi connectivity index (χ4v) is 5.48. The lowest BCUT2D eigenvalue weighted by molar-refractivity contribution is 0.570. The molecule has 2 atom stereocenters. The summed E-state index contributed by atoms with van der Waals surface area (Å²) >= 11 is 10.1. The predicted octanol–water partition coefficient (Wildman–Crippen LogP) is 3.71. The molecule has 0 radical (unpaired) electrons. The number of hydrogen-bond donors (Lipinski definition) is 0. The molecule has 0 bridgehead atoms. The van der Waals surface area contributed by atoms with E-state index in [2.05, 4.69) is 20.9 Å². The average Bonchev–Trinajstić information content (AvgIpc) is 2.79. The minimum Gasteiger partial charge on any atom is -0.256 e. The maximum atomic E-state index is 11.6. The molecule has 6 heteroatoms. The number of halogens is 2. The second-order valence-electron chi connectivity index (χ2n) is 5.10. The fraction of sp³-hybridized carbons (Fsp3) is 0.357. The lowest BCUT2D eigenvalue weighted by Crippen LogP contribution is -2.11. The van der Waals surface area contributed by atoms with Crippen LogP contribution in [0.3, 0.4) is 0 Å². The molecule has 0 aliphatic carbocycles. The van der Waals surface area contributed by atoms with Crippen LogP contribution < -0.4 is 0 Å². The first-order valence-electron chi connectivity index (χ1n) is 6.35. The topological polar surface area (TPSA) is 47.0 Å². The molecular formula is C14H13BrClNO2S. The highest BCUT2D eigenvalue weighted by atomic mass is 79.9. The summed E-state index contributed by atoms with van der Waals surface area (Å²) in [7, 11) is -2.92. The molecule has 106 valence electrons. The number of benzene rings is 1. The molecule has 2 unspecified atom stereocenters. The molecule has 1 aliphatic rings. The van der Waals surface area contributed by atoms with Crippen LogP contribution in [0.5, 0.6) is 0 Å². The molecule has 3 nitrogen and oxygen atoms in total. The highest BCUT2D eigenvalue weighted by molar-refractivity contribution is 9.10. The van der Waals surface area contributed by atoms with Crippen molar-refractivity contribution in [2.24, 2.45) is 5.92 Å². The Balaban J connectivity index is 2.04. The summed E-state index contributed by atoms with van der Waals surface area (Å²) in [5.41, 5.74) is 1.75. The van der Waals surface area contributed by atoms with Crippen molar-refractivity contribution < 1.29 is 8.42 Å². The van der Waals surface area contributed by atoms with Crippen molar-refractivity contribution in [3.63, 3.8) is 0 Å². The predicted molar refractivity (Wildman–Crippen MR) is 84.8 cm³/mol. The number of alkyl halides is 1.